The van der Waals surface area contributed by atoms with Crippen LogP contribution in [0.15, 0.2) is 54.6 Å². The first kappa shape index (κ1) is 25.7. The second-order valence-electron chi connectivity index (χ2n) is 9.84. The molecule has 4 unspecified atom stereocenters. The number of carbonyl (C=O) groups excluding carboxylic acids is 2. The monoisotopic (exact) mass is 490 g/mol. The van der Waals surface area contributed by atoms with E-state index < -0.39 is 24.0 Å². The third-order valence-corrected chi connectivity index (χ3v) is 7.53. The first-order chi connectivity index (χ1) is 17.4. The van der Waals surface area contributed by atoms with Crippen LogP contribution in [0.3, 0.4) is 0 Å². The number of aliphatic hydroxyl groups is 2. The summed E-state index contributed by atoms with van der Waals surface area (Å²) < 4.78 is 0. The molecule has 0 saturated carbocycles. The predicted octanol–water partition coefficient (Wildman–Crippen LogP) is 2.22. The maximum atomic E-state index is 13.0. The first-order valence-electron chi connectivity index (χ1n) is 12.6. The number of benzene rings is 2. The highest BCUT2D eigenvalue weighted by Crippen LogP contribution is 2.32. The number of rotatable bonds is 7. The Kier molecular flexibility index (Phi) is 8.24. The van der Waals surface area contributed by atoms with Crippen LogP contribution in [0.5, 0.6) is 0 Å². The van der Waals surface area contributed by atoms with E-state index in [0.29, 0.717) is 18.7 Å². The van der Waals surface area contributed by atoms with Gasteiger partial charge in [-0.15, -0.1) is 0 Å². The minimum atomic E-state index is -1.83. The molecule has 2 aliphatic rings. The standard InChI is InChI=1S/C28H34N4O4/c1-19-18-31(23-11-6-5-10-21(23)16-29)15-13-22(19)17-30-27(35)25(33)26(34)28(36)32-14-7-12-24(32)20-8-3-2-4-9-20/h2-6,8-11,19,22,24-26,33-34H,7,12-15,17-18H2,1H3,(H,30,35)/t19?,22?,24-,25?,26?/m0/s1. The lowest BCUT2D eigenvalue weighted by molar-refractivity contribution is -0.153. The van der Waals surface area contributed by atoms with Gasteiger partial charge in [-0.05, 0) is 48.8 Å². The van der Waals surface area contributed by atoms with Crippen LogP contribution in [0.1, 0.15) is 43.4 Å². The zero-order valence-electron chi connectivity index (χ0n) is 20.6. The molecule has 8 nitrogen and oxygen atoms in total. The highest BCUT2D eigenvalue weighted by molar-refractivity contribution is 5.91. The van der Waals surface area contributed by atoms with Crippen molar-refractivity contribution in [2.75, 3.05) is 31.1 Å². The average Bonchev–Trinajstić information content (AvgIpc) is 3.41. The quantitative estimate of drug-likeness (QED) is 0.548. The molecule has 2 amide bonds. The predicted molar refractivity (Wildman–Crippen MR) is 136 cm³/mol. The Morgan fingerprint density at radius 2 is 1.78 bits per heavy atom. The summed E-state index contributed by atoms with van der Waals surface area (Å²) in [7, 11) is 0. The molecular weight excluding hydrogens is 456 g/mol. The van der Waals surface area contributed by atoms with Crippen molar-refractivity contribution < 1.29 is 19.8 Å². The summed E-state index contributed by atoms with van der Waals surface area (Å²) in [4.78, 5) is 29.4. The van der Waals surface area contributed by atoms with Crippen molar-refractivity contribution in [3.05, 3.63) is 65.7 Å². The van der Waals surface area contributed by atoms with Crippen LogP contribution in [0.2, 0.25) is 0 Å². The summed E-state index contributed by atoms with van der Waals surface area (Å²) in [6, 6.07) is 19.2. The van der Waals surface area contributed by atoms with Crippen LogP contribution in [0.25, 0.3) is 0 Å². The third kappa shape index (κ3) is 5.53. The molecule has 2 saturated heterocycles. The molecule has 0 spiro atoms. The van der Waals surface area contributed by atoms with E-state index in [9.17, 15) is 25.1 Å². The number of hydrogen-bond donors (Lipinski definition) is 3. The van der Waals surface area contributed by atoms with E-state index >= 15 is 0 Å². The number of nitriles is 1. The average molecular weight is 491 g/mol. The summed E-state index contributed by atoms with van der Waals surface area (Å²) in [5.74, 6) is -0.941. The minimum Gasteiger partial charge on any atom is -0.380 e. The Balaban J connectivity index is 1.29. The Hall–Kier alpha value is -3.41. The van der Waals surface area contributed by atoms with Crippen molar-refractivity contribution in [3.63, 3.8) is 0 Å². The molecule has 2 heterocycles. The number of amides is 2. The maximum Gasteiger partial charge on any atom is 0.255 e. The Labute approximate surface area is 212 Å². The van der Waals surface area contributed by atoms with Crippen LogP contribution in [0.4, 0.5) is 5.69 Å². The molecule has 3 N–H and O–H groups in total. The number of anilines is 1. The Bertz CT molecular complexity index is 1100. The molecule has 0 radical (unpaired) electrons. The van der Waals surface area contributed by atoms with Crippen LogP contribution in [0, 0.1) is 23.2 Å². The van der Waals surface area contributed by atoms with E-state index in [2.05, 4.69) is 23.2 Å². The van der Waals surface area contributed by atoms with Gasteiger partial charge < -0.3 is 25.3 Å². The normalized spacial score (nSPS) is 23.6. The van der Waals surface area contributed by atoms with Crippen molar-refractivity contribution in [1.82, 2.24) is 10.2 Å². The molecule has 5 atom stereocenters. The van der Waals surface area contributed by atoms with Gasteiger partial charge in [-0.25, -0.2) is 0 Å². The van der Waals surface area contributed by atoms with Gasteiger partial charge in [-0.2, -0.15) is 5.26 Å². The van der Waals surface area contributed by atoms with Crippen molar-refractivity contribution in [2.24, 2.45) is 11.8 Å². The smallest absolute Gasteiger partial charge is 0.255 e. The highest BCUT2D eigenvalue weighted by Gasteiger charge is 2.38. The number of piperidine rings is 1. The lowest BCUT2D eigenvalue weighted by Crippen LogP contribution is -2.52. The highest BCUT2D eigenvalue weighted by atomic mass is 16.3. The van der Waals surface area contributed by atoms with E-state index in [1.54, 1.807) is 4.90 Å². The topological polar surface area (TPSA) is 117 Å². The van der Waals surface area contributed by atoms with Gasteiger partial charge in [0.1, 0.15) is 6.07 Å². The number of nitrogens with one attached hydrogen (secondary N) is 1. The number of hydrogen-bond acceptors (Lipinski definition) is 6. The van der Waals surface area contributed by atoms with E-state index in [4.69, 9.17) is 0 Å². The first-order valence-corrected chi connectivity index (χ1v) is 12.6. The van der Waals surface area contributed by atoms with Gasteiger partial charge in [0.2, 0.25) is 0 Å². The minimum absolute atomic E-state index is 0.166. The summed E-state index contributed by atoms with van der Waals surface area (Å²) in [6.07, 6.45) is -1.25. The van der Waals surface area contributed by atoms with Gasteiger partial charge >= 0.3 is 0 Å². The number of para-hydroxylation sites is 1. The van der Waals surface area contributed by atoms with E-state index in [1.165, 1.54) is 0 Å². The lowest BCUT2D eigenvalue weighted by atomic mass is 9.86. The fraction of sp³-hybridized carbons (Fsp3) is 0.464. The van der Waals surface area contributed by atoms with Gasteiger partial charge in [-0.1, -0.05) is 49.4 Å². The summed E-state index contributed by atoms with van der Waals surface area (Å²) in [5, 5.41) is 33.1. The molecule has 4 rings (SSSR count). The molecule has 36 heavy (non-hydrogen) atoms. The number of likely N-dealkylation sites (tertiary alicyclic amines) is 1. The second kappa shape index (κ2) is 11.5. The van der Waals surface area contributed by atoms with Gasteiger partial charge in [0.05, 0.1) is 17.3 Å². The molecule has 190 valence electrons. The van der Waals surface area contributed by atoms with E-state index in [1.807, 2.05) is 54.6 Å². The molecule has 0 bridgehead atoms. The van der Waals surface area contributed by atoms with Crippen molar-refractivity contribution in [2.45, 2.75) is 44.4 Å². The molecule has 8 heteroatoms. The molecule has 2 fully saturated rings. The second-order valence-corrected chi connectivity index (χ2v) is 9.84. The van der Waals surface area contributed by atoms with E-state index in [0.717, 1.165) is 43.6 Å². The maximum absolute atomic E-state index is 13.0. The van der Waals surface area contributed by atoms with Crippen LogP contribution >= 0.6 is 0 Å². The SMILES string of the molecule is CC1CN(c2ccccc2C#N)CCC1CNC(=O)C(O)C(O)C(=O)N1CCC[C@H]1c1ccccc1. The van der Waals surface area contributed by atoms with Gasteiger partial charge in [0.25, 0.3) is 11.8 Å². The Morgan fingerprint density at radius 3 is 2.50 bits per heavy atom. The van der Waals surface area contributed by atoms with Gasteiger partial charge in [0, 0.05) is 26.2 Å². The van der Waals surface area contributed by atoms with Crippen molar-refractivity contribution in [3.8, 4) is 6.07 Å². The molecule has 0 aromatic heterocycles. The number of nitrogens with zero attached hydrogens (tertiary/aromatic N) is 3. The fourth-order valence-electron chi connectivity index (χ4n) is 5.40. The van der Waals surface area contributed by atoms with Crippen molar-refractivity contribution >= 4 is 17.5 Å². The zero-order valence-corrected chi connectivity index (χ0v) is 20.6. The fourth-order valence-corrected chi connectivity index (χ4v) is 5.40. The number of carbonyl (C=O) groups is 2. The molecular formula is C28H34N4O4. The van der Waals surface area contributed by atoms with Crippen molar-refractivity contribution in [1.29, 1.82) is 5.26 Å². The largest absolute Gasteiger partial charge is 0.380 e. The molecule has 2 aromatic carbocycles. The summed E-state index contributed by atoms with van der Waals surface area (Å²) in [6.45, 7) is 4.43. The summed E-state index contributed by atoms with van der Waals surface area (Å²) >= 11 is 0. The Morgan fingerprint density at radius 1 is 1.06 bits per heavy atom. The van der Waals surface area contributed by atoms with Gasteiger partial charge in [0.15, 0.2) is 12.2 Å². The third-order valence-electron chi connectivity index (χ3n) is 7.53. The van der Waals surface area contributed by atoms with E-state index in [-0.39, 0.29) is 17.9 Å². The van der Waals surface area contributed by atoms with Gasteiger partial charge in [-0.3, -0.25) is 9.59 Å². The molecule has 2 aromatic rings. The van der Waals surface area contributed by atoms with Crippen LogP contribution in [-0.4, -0.2) is 65.3 Å². The number of aliphatic hydroxyl groups excluding tert-OH is 2. The zero-order chi connectivity index (χ0) is 25.7. The molecule has 2 aliphatic heterocycles. The molecule has 0 aliphatic carbocycles. The summed E-state index contributed by atoms with van der Waals surface area (Å²) in [5.41, 5.74) is 2.54. The van der Waals surface area contributed by atoms with Crippen LogP contribution in [-0.2, 0) is 9.59 Å². The van der Waals surface area contributed by atoms with Crippen LogP contribution < -0.4 is 10.2 Å². The lowest BCUT2D eigenvalue weighted by Gasteiger charge is -2.38.